The lowest BCUT2D eigenvalue weighted by molar-refractivity contribution is -0.365. The summed E-state index contributed by atoms with van der Waals surface area (Å²) in [5, 5.41) is 9.71. The second-order valence-corrected chi connectivity index (χ2v) is 7.97. The molecule has 0 aromatic heterocycles. The Kier molecular flexibility index (Phi) is 7.29. The largest absolute Gasteiger partial charge is 0.426 e. The zero-order valence-corrected chi connectivity index (χ0v) is 17.2. The third kappa shape index (κ3) is 5.69. The third-order valence-electron chi connectivity index (χ3n) is 5.61. The van der Waals surface area contributed by atoms with Crippen molar-refractivity contribution < 1.29 is 31.4 Å². The second kappa shape index (κ2) is 9.62. The van der Waals surface area contributed by atoms with Crippen molar-refractivity contribution in [2.75, 3.05) is 13.1 Å². The van der Waals surface area contributed by atoms with Gasteiger partial charge < -0.3 is 5.11 Å². The fourth-order valence-corrected chi connectivity index (χ4v) is 3.72. The first kappa shape index (κ1) is 24.3. The highest BCUT2D eigenvalue weighted by Crippen LogP contribution is 2.46. The lowest BCUT2D eigenvalue weighted by atomic mass is 9.91. The molecule has 0 spiro atoms. The summed E-state index contributed by atoms with van der Waals surface area (Å²) in [5.74, 6) is 0. The van der Waals surface area contributed by atoms with E-state index < -0.39 is 36.1 Å². The van der Waals surface area contributed by atoms with Crippen molar-refractivity contribution in [3.8, 4) is 0 Å². The molecule has 2 aromatic carbocycles. The van der Waals surface area contributed by atoms with Crippen molar-refractivity contribution >= 4 is 5.71 Å². The number of alkyl halides is 6. The average molecular weight is 458 g/mol. The molecule has 3 rings (SSSR count). The minimum absolute atomic E-state index is 0.131. The lowest BCUT2D eigenvalue weighted by Crippen LogP contribution is -2.58. The molecule has 0 saturated carbocycles. The second-order valence-electron chi connectivity index (χ2n) is 7.97. The van der Waals surface area contributed by atoms with Crippen molar-refractivity contribution in [1.29, 1.82) is 0 Å². The minimum atomic E-state index is -5.89. The summed E-state index contributed by atoms with van der Waals surface area (Å²) in [4.78, 5) is 6.46. The van der Waals surface area contributed by atoms with Crippen LogP contribution in [0.15, 0.2) is 65.7 Å². The summed E-state index contributed by atoms with van der Waals surface area (Å²) < 4.78 is 79.7. The van der Waals surface area contributed by atoms with Crippen LogP contribution >= 0.6 is 0 Å². The number of aliphatic hydroxyl groups is 1. The maximum Gasteiger partial charge on any atom is 0.426 e. The number of rotatable bonds is 6. The van der Waals surface area contributed by atoms with Gasteiger partial charge in [-0.05, 0) is 24.0 Å². The molecule has 1 aliphatic heterocycles. The van der Waals surface area contributed by atoms with Gasteiger partial charge in [-0.3, -0.25) is 9.89 Å². The molecule has 1 aliphatic rings. The molecule has 0 bridgehead atoms. The van der Waals surface area contributed by atoms with Crippen molar-refractivity contribution in [3.63, 3.8) is 0 Å². The van der Waals surface area contributed by atoms with Crippen LogP contribution in [0.25, 0.3) is 0 Å². The predicted molar refractivity (Wildman–Crippen MR) is 109 cm³/mol. The van der Waals surface area contributed by atoms with Gasteiger partial charge in [-0.15, -0.1) is 0 Å². The number of likely N-dealkylation sites (tertiary alicyclic amines) is 1. The predicted octanol–water partition coefficient (Wildman–Crippen LogP) is 5.39. The van der Waals surface area contributed by atoms with Gasteiger partial charge in [0, 0.05) is 31.8 Å². The Balaban J connectivity index is 1.80. The van der Waals surface area contributed by atoms with Gasteiger partial charge in [0.1, 0.15) is 0 Å². The van der Waals surface area contributed by atoms with Crippen molar-refractivity contribution in [2.45, 2.75) is 49.8 Å². The fraction of sp³-hybridized carbons (Fsp3) is 0.435. The van der Waals surface area contributed by atoms with Crippen LogP contribution in [0.5, 0.6) is 0 Å². The van der Waals surface area contributed by atoms with Crippen LogP contribution in [0.2, 0.25) is 0 Å². The maximum atomic E-state index is 13.3. The zero-order chi connectivity index (χ0) is 23.4. The Morgan fingerprint density at radius 1 is 0.844 bits per heavy atom. The molecule has 0 amide bonds. The number of hydrogen-bond acceptors (Lipinski definition) is 3. The molecule has 0 unspecified atom stereocenters. The molecule has 32 heavy (non-hydrogen) atoms. The van der Waals surface area contributed by atoms with Crippen molar-refractivity contribution in [2.24, 2.45) is 4.99 Å². The monoisotopic (exact) mass is 458 g/mol. The van der Waals surface area contributed by atoms with Crippen LogP contribution in [0.1, 0.15) is 30.4 Å². The van der Waals surface area contributed by atoms with E-state index in [1.54, 1.807) is 6.07 Å². The van der Waals surface area contributed by atoms with Crippen LogP contribution in [0.4, 0.5) is 26.3 Å². The molecule has 1 N–H and O–H groups in total. The van der Waals surface area contributed by atoms with E-state index in [0.717, 1.165) is 5.56 Å². The normalized spacial score (nSPS) is 17.5. The minimum Gasteiger partial charge on any atom is -0.373 e. The SMILES string of the molecule is OC(CC(=NC1CCN(Cc2ccccc2)CC1)c1ccccc1)(C(F)(F)F)C(F)(F)F. The summed E-state index contributed by atoms with van der Waals surface area (Å²) in [6.07, 6.45) is -12.5. The van der Waals surface area contributed by atoms with E-state index in [9.17, 15) is 31.4 Å². The average Bonchev–Trinajstić information content (AvgIpc) is 2.74. The molecule has 9 heteroatoms. The number of halogens is 6. The van der Waals surface area contributed by atoms with Gasteiger partial charge in [0.25, 0.3) is 5.60 Å². The smallest absolute Gasteiger partial charge is 0.373 e. The number of hydrogen-bond donors (Lipinski definition) is 1. The molecule has 0 radical (unpaired) electrons. The molecule has 0 aliphatic carbocycles. The maximum absolute atomic E-state index is 13.3. The Bertz CT molecular complexity index is 874. The van der Waals surface area contributed by atoms with E-state index in [4.69, 9.17) is 0 Å². The summed E-state index contributed by atoms with van der Waals surface area (Å²) in [7, 11) is 0. The molecule has 1 saturated heterocycles. The fourth-order valence-electron chi connectivity index (χ4n) is 3.72. The van der Waals surface area contributed by atoms with Gasteiger partial charge >= 0.3 is 12.4 Å². The van der Waals surface area contributed by atoms with Gasteiger partial charge in [0.05, 0.1) is 6.04 Å². The Morgan fingerprint density at radius 2 is 1.34 bits per heavy atom. The quantitative estimate of drug-likeness (QED) is 0.466. The number of aliphatic imine (C=N–C) groups is 1. The van der Waals surface area contributed by atoms with Gasteiger partial charge in [-0.2, -0.15) is 26.3 Å². The molecule has 3 nitrogen and oxygen atoms in total. The Morgan fingerprint density at radius 3 is 1.84 bits per heavy atom. The topological polar surface area (TPSA) is 35.8 Å². The van der Waals surface area contributed by atoms with Crippen LogP contribution < -0.4 is 0 Å². The Labute approximate surface area is 182 Å². The first-order valence-corrected chi connectivity index (χ1v) is 10.2. The van der Waals surface area contributed by atoms with E-state index in [0.29, 0.717) is 32.5 Å². The van der Waals surface area contributed by atoms with Gasteiger partial charge in [-0.25, -0.2) is 0 Å². The Hall–Kier alpha value is -2.39. The molecule has 1 heterocycles. The number of nitrogens with zero attached hydrogens (tertiary/aromatic N) is 2. The molecular formula is C23H24F6N2O. The van der Waals surface area contributed by atoms with E-state index in [1.165, 1.54) is 24.3 Å². The highest BCUT2D eigenvalue weighted by Gasteiger charge is 2.70. The lowest BCUT2D eigenvalue weighted by Gasteiger charge is -2.34. The van der Waals surface area contributed by atoms with E-state index in [2.05, 4.69) is 9.89 Å². The molecule has 1 fully saturated rings. The van der Waals surface area contributed by atoms with Crippen LogP contribution in [0, 0.1) is 0 Å². The number of benzene rings is 2. The molecule has 174 valence electrons. The zero-order valence-electron chi connectivity index (χ0n) is 17.2. The molecule has 2 aromatic rings. The molecular weight excluding hydrogens is 434 g/mol. The van der Waals surface area contributed by atoms with E-state index in [-0.39, 0.29) is 5.56 Å². The van der Waals surface area contributed by atoms with Gasteiger partial charge in [0.2, 0.25) is 0 Å². The number of piperidine rings is 1. The highest BCUT2D eigenvalue weighted by atomic mass is 19.4. The third-order valence-corrected chi connectivity index (χ3v) is 5.61. The van der Waals surface area contributed by atoms with E-state index >= 15 is 0 Å². The van der Waals surface area contributed by atoms with Gasteiger partial charge in [-0.1, -0.05) is 60.7 Å². The summed E-state index contributed by atoms with van der Waals surface area (Å²) in [5.41, 5.74) is -4.02. The first-order chi connectivity index (χ1) is 15.0. The highest BCUT2D eigenvalue weighted by molar-refractivity contribution is 6.01. The van der Waals surface area contributed by atoms with Crippen LogP contribution in [0.3, 0.4) is 0 Å². The van der Waals surface area contributed by atoms with Crippen LogP contribution in [-0.2, 0) is 6.54 Å². The van der Waals surface area contributed by atoms with Gasteiger partial charge in [0.15, 0.2) is 0 Å². The van der Waals surface area contributed by atoms with Crippen LogP contribution in [-0.4, -0.2) is 52.8 Å². The summed E-state index contributed by atoms with van der Waals surface area (Å²) in [6, 6.07) is 16.8. The van der Waals surface area contributed by atoms with Crippen molar-refractivity contribution in [1.82, 2.24) is 4.90 Å². The van der Waals surface area contributed by atoms with E-state index in [1.807, 2.05) is 30.3 Å². The summed E-state index contributed by atoms with van der Waals surface area (Å²) >= 11 is 0. The standard InChI is InChI=1S/C23H24F6N2O/c24-22(25,26)21(32,23(27,28)29)15-20(18-9-5-2-6-10-18)30-19-11-13-31(14-12-19)16-17-7-3-1-4-8-17/h1-10,19,32H,11-16H2. The molecule has 0 atom stereocenters. The van der Waals surface area contributed by atoms with Crippen molar-refractivity contribution in [3.05, 3.63) is 71.8 Å². The summed E-state index contributed by atoms with van der Waals surface area (Å²) in [6.45, 7) is 1.95. The first-order valence-electron chi connectivity index (χ1n) is 10.2.